The molecule has 0 aliphatic heterocycles. The molecule has 3 N–H and O–H groups in total. The maximum Gasteiger partial charge on any atom is 0.425 e. The van der Waals surface area contributed by atoms with Gasteiger partial charge in [0.25, 0.3) is 5.78 Å². The Balaban J connectivity index is 2.51. The highest BCUT2D eigenvalue weighted by Gasteiger charge is 2.30. The summed E-state index contributed by atoms with van der Waals surface area (Å²) in [5.74, 6) is -3.45. The van der Waals surface area contributed by atoms with Gasteiger partial charge in [0.2, 0.25) is 0 Å². The molecule has 0 spiro atoms. The molecule has 2 amide bonds. The van der Waals surface area contributed by atoms with Gasteiger partial charge in [0.15, 0.2) is 0 Å². The van der Waals surface area contributed by atoms with Crippen LogP contribution in [0.25, 0.3) is 11.1 Å². The second-order valence-electron chi connectivity index (χ2n) is 5.50. The summed E-state index contributed by atoms with van der Waals surface area (Å²) in [6, 6.07) is 5.03. The highest BCUT2D eigenvalue weighted by Crippen LogP contribution is 2.31. The number of aromatic nitrogens is 1. The quantitative estimate of drug-likeness (QED) is 0.309. The number of ketones is 1. The summed E-state index contributed by atoms with van der Waals surface area (Å²) in [5, 5.41) is 0. The number of aromatic amines is 1. The first-order valence-corrected chi connectivity index (χ1v) is 8.14. The standard InChI is InChI=1S/C18H18FN3O6/c1-4-28-17(25)12-9(2)20-14(13(12)10-5-7-11(19)8-6-10)15(23)16(24)21-22-18(26)27-3/h5-8,20H,4H2,1-3H3,(H,21,24)(H,22,26). The average molecular weight is 391 g/mol. The topological polar surface area (TPSA) is 127 Å². The third-order valence-corrected chi connectivity index (χ3v) is 3.70. The van der Waals surface area contributed by atoms with Gasteiger partial charge in [-0.15, -0.1) is 0 Å². The van der Waals surface area contributed by atoms with Gasteiger partial charge in [-0.05, 0) is 31.5 Å². The van der Waals surface area contributed by atoms with E-state index < -0.39 is 29.6 Å². The first-order valence-electron chi connectivity index (χ1n) is 8.14. The van der Waals surface area contributed by atoms with Crippen molar-refractivity contribution < 1.29 is 33.0 Å². The molecule has 0 fully saturated rings. The number of hydrazine groups is 1. The number of esters is 1. The Hall–Kier alpha value is -3.69. The molecule has 10 heteroatoms. The first-order chi connectivity index (χ1) is 13.3. The molecule has 0 saturated carbocycles. The molecular formula is C18H18FN3O6. The molecule has 28 heavy (non-hydrogen) atoms. The number of carbonyl (C=O) groups excluding carboxylic acids is 4. The number of H-pyrrole nitrogens is 1. The molecule has 148 valence electrons. The van der Waals surface area contributed by atoms with Crippen LogP contribution in [0.15, 0.2) is 24.3 Å². The van der Waals surface area contributed by atoms with E-state index >= 15 is 0 Å². The fourth-order valence-electron chi connectivity index (χ4n) is 2.49. The average Bonchev–Trinajstić information content (AvgIpc) is 3.03. The third kappa shape index (κ3) is 4.34. The van der Waals surface area contributed by atoms with Crippen molar-refractivity contribution in [3.63, 3.8) is 0 Å². The van der Waals surface area contributed by atoms with Gasteiger partial charge >= 0.3 is 18.0 Å². The number of carbonyl (C=O) groups is 4. The predicted octanol–water partition coefficient (Wildman–Crippen LogP) is 1.88. The molecule has 0 bridgehead atoms. The minimum Gasteiger partial charge on any atom is -0.462 e. The second kappa shape index (κ2) is 8.80. The summed E-state index contributed by atoms with van der Waals surface area (Å²) >= 11 is 0. The number of rotatable bonds is 5. The van der Waals surface area contributed by atoms with Gasteiger partial charge < -0.3 is 14.5 Å². The normalized spacial score (nSPS) is 10.1. The summed E-state index contributed by atoms with van der Waals surface area (Å²) in [6.45, 7) is 3.25. The van der Waals surface area contributed by atoms with Gasteiger partial charge in [0.1, 0.15) is 11.5 Å². The van der Waals surface area contributed by atoms with Crippen LogP contribution in [0.2, 0.25) is 0 Å². The minimum atomic E-state index is -1.18. The van der Waals surface area contributed by atoms with Crippen LogP contribution in [-0.4, -0.2) is 42.5 Å². The summed E-state index contributed by atoms with van der Waals surface area (Å²) < 4.78 is 22.6. The van der Waals surface area contributed by atoms with Crippen LogP contribution in [0.4, 0.5) is 9.18 Å². The van der Waals surface area contributed by atoms with Crippen LogP contribution in [0.1, 0.15) is 33.5 Å². The number of aryl methyl sites for hydroxylation is 1. The number of amides is 2. The number of Topliss-reactive ketones (excluding diaryl/α,β-unsaturated/α-hetero) is 1. The van der Waals surface area contributed by atoms with Crippen LogP contribution in [0.3, 0.4) is 0 Å². The molecule has 2 rings (SSSR count). The molecule has 9 nitrogen and oxygen atoms in total. The second-order valence-corrected chi connectivity index (χ2v) is 5.50. The monoisotopic (exact) mass is 391 g/mol. The molecule has 1 aromatic carbocycles. The summed E-state index contributed by atoms with van der Waals surface area (Å²) in [4.78, 5) is 50.8. The summed E-state index contributed by atoms with van der Waals surface area (Å²) in [5.41, 5.74) is 4.31. The van der Waals surface area contributed by atoms with Gasteiger partial charge in [0, 0.05) is 11.3 Å². The number of benzene rings is 1. The lowest BCUT2D eigenvalue weighted by Gasteiger charge is -2.08. The SMILES string of the molecule is CCOC(=O)c1c(C)[nH]c(C(=O)C(=O)NNC(=O)OC)c1-c1ccc(F)cc1. The molecule has 0 radical (unpaired) electrons. The van der Waals surface area contributed by atoms with Crippen molar-refractivity contribution in [1.29, 1.82) is 0 Å². The molecule has 0 aliphatic rings. The first kappa shape index (κ1) is 20.6. The van der Waals surface area contributed by atoms with Gasteiger partial charge in [-0.2, -0.15) is 0 Å². The molecule has 0 saturated heterocycles. The van der Waals surface area contributed by atoms with E-state index in [4.69, 9.17) is 4.74 Å². The summed E-state index contributed by atoms with van der Waals surface area (Å²) in [6.07, 6.45) is -0.977. The lowest BCUT2D eigenvalue weighted by Crippen LogP contribution is -2.45. The minimum absolute atomic E-state index is 0.0468. The Morgan fingerprint density at radius 1 is 1.11 bits per heavy atom. The Morgan fingerprint density at radius 2 is 1.75 bits per heavy atom. The zero-order valence-corrected chi connectivity index (χ0v) is 15.3. The lowest BCUT2D eigenvalue weighted by atomic mass is 9.98. The maximum atomic E-state index is 13.3. The molecule has 0 atom stereocenters. The van der Waals surface area contributed by atoms with Gasteiger partial charge in [-0.25, -0.2) is 19.4 Å². The highest BCUT2D eigenvalue weighted by molar-refractivity contribution is 6.43. The molecule has 0 unspecified atom stereocenters. The Labute approximate surface area is 159 Å². The number of ether oxygens (including phenoxy) is 2. The van der Waals surface area contributed by atoms with E-state index in [1.54, 1.807) is 6.92 Å². The van der Waals surface area contributed by atoms with Crippen LogP contribution < -0.4 is 10.9 Å². The summed E-state index contributed by atoms with van der Waals surface area (Å²) in [7, 11) is 1.08. The van der Waals surface area contributed by atoms with E-state index in [0.29, 0.717) is 5.56 Å². The van der Waals surface area contributed by atoms with Crippen molar-refractivity contribution in [3.05, 3.63) is 47.0 Å². The lowest BCUT2D eigenvalue weighted by molar-refractivity contribution is -0.117. The largest absolute Gasteiger partial charge is 0.462 e. The van der Waals surface area contributed by atoms with Crippen molar-refractivity contribution >= 4 is 23.8 Å². The van der Waals surface area contributed by atoms with Crippen molar-refractivity contribution in [2.24, 2.45) is 0 Å². The van der Waals surface area contributed by atoms with Gasteiger partial charge in [-0.3, -0.25) is 15.0 Å². The number of nitrogens with one attached hydrogen (secondary N) is 3. The zero-order valence-electron chi connectivity index (χ0n) is 15.3. The molecule has 0 aliphatic carbocycles. The predicted molar refractivity (Wildman–Crippen MR) is 94.9 cm³/mol. The maximum absolute atomic E-state index is 13.3. The fourth-order valence-corrected chi connectivity index (χ4v) is 2.49. The van der Waals surface area contributed by atoms with Crippen LogP contribution in [0, 0.1) is 12.7 Å². The van der Waals surface area contributed by atoms with E-state index in [0.717, 1.165) is 19.2 Å². The fraction of sp³-hybridized carbons (Fsp3) is 0.222. The van der Waals surface area contributed by atoms with Crippen LogP contribution in [-0.2, 0) is 14.3 Å². The van der Waals surface area contributed by atoms with Gasteiger partial charge in [-0.1, -0.05) is 12.1 Å². The zero-order chi connectivity index (χ0) is 20.8. The van der Waals surface area contributed by atoms with E-state index in [9.17, 15) is 23.6 Å². The Kier molecular flexibility index (Phi) is 6.48. The molecule has 1 heterocycles. The number of hydrogen-bond donors (Lipinski definition) is 3. The van der Waals surface area contributed by atoms with Crippen molar-refractivity contribution in [1.82, 2.24) is 15.8 Å². The molecular weight excluding hydrogens is 373 g/mol. The van der Waals surface area contributed by atoms with Crippen LogP contribution in [0.5, 0.6) is 0 Å². The van der Waals surface area contributed by atoms with Crippen molar-refractivity contribution in [3.8, 4) is 11.1 Å². The van der Waals surface area contributed by atoms with Crippen LogP contribution >= 0.6 is 0 Å². The highest BCUT2D eigenvalue weighted by atomic mass is 19.1. The van der Waals surface area contributed by atoms with E-state index in [1.807, 2.05) is 10.9 Å². The van der Waals surface area contributed by atoms with E-state index in [1.165, 1.54) is 19.1 Å². The Bertz CT molecular complexity index is 920. The van der Waals surface area contributed by atoms with E-state index in [-0.39, 0.29) is 29.1 Å². The van der Waals surface area contributed by atoms with Gasteiger partial charge in [0.05, 0.1) is 19.3 Å². The Morgan fingerprint density at radius 3 is 2.32 bits per heavy atom. The number of methoxy groups -OCH3 is 1. The molecule has 1 aromatic heterocycles. The van der Waals surface area contributed by atoms with E-state index in [2.05, 4.69) is 9.72 Å². The van der Waals surface area contributed by atoms with Crippen molar-refractivity contribution in [2.75, 3.05) is 13.7 Å². The molecule has 2 aromatic rings. The third-order valence-electron chi connectivity index (χ3n) is 3.70. The smallest absolute Gasteiger partial charge is 0.425 e. The number of halogens is 1. The number of hydrogen-bond acceptors (Lipinski definition) is 6. The van der Waals surface area contributed by atoms with Crippen molar-refractivity contribution in [2.45, 2.75) is 13.8 Å².